The molecule has 0 radical (unpaired) electrons. The second-order valence-electron chi connectivity index (χ2n) is 5.18. The second-order valence-corrected chi connectivity index (χ2v) is 6.68. The molecule has 2 heterocycles. The van der Waals surface area contributed by atoms with Crippen LogP contribution >= 0.6 is 23.4 Å². The number of carbonyl (C=O) groups excluding carboxylic acids is 2. The summed E-state index contributed by atoms with van der Waals surface area (Å²) in [4.78, 5) is 40.8. The van der Waals surface area contributed by atoms with Crippen molar-refractivity contribution in [3.8, 4) is 0 Å². The predicted molar refractivity (Wildman–Crippen MR) is 89.9 cm³/mol. The minimum atomic E-state index is -1.02. The molecule has 1 atom stereocenters. The highest BCUT2D eigenvalue weighted by Crippen LogP contribution is 2.20. The van der Waals surface area contributed by atoms with Crippen molar-refractivity contribution in [2.45, 2.75) is 24.7 Å². The summed E-state index contributed by atoms with van der Waals surface area (Å²) >= 11 is 7.24. The quantitative estimate of drug-likeness (QED) is 0.471. The van der Waals surface area contributed by atoms with E-state index < -0.39 is 17.6 Å². The van der Waals surface area contributed by atoms with Gasteiger partial charge >= 0.3 is 5.97 Å². The van der Waals surface area contributed by atoms with Gasteiger partial charge in [-0.2, -0.15) is 0 Å². The van der Waals surface area contributed by atoms with Crippen LogP contribution in [0.3, 0.4) is 0 Å². The van der Waals surface area contributed by atoms with E-state index in [9.17, 15) is 14.4 Å². The number of ketones is 1. The number of halogens is 1. The maximum Gasteiger partial charge on any atom is 0.346 e. The average molecular weight is 365 g/mol. The van der Waals surface area contributed by atoms with Crippen LogP contribution in [-0.4, -0.2) is 33.2 Å². The molecule has 0 bridgehead atoms. The summed E-state index contributed by atoms with van der Waals surface area (Å²) in [5, 5.41) is 1.09. The van der Waals surface area contributed by atoms with Gasteiger partial charge in [0.2, 0.25) is 5.78 Å². The average Bonchev–Trinajstić information content (AvgIpc) is 3.04. The molecule has 0 fully saturated rings. The summed E-state index contributed by atoms with van der Waals surface area (Å²) in [6, 6.07) is 6.27. The number of rotatable bonds is 4. The van der Waals surface area contributed by atoms with Crippen molar-refractivity contribution in [2.75, 3.05) is 5.75 Å². The number of carbonyl (C=O) groups is 2. The van der Waals surface area contributed by atoms with Crippen molar-refractivity contribution in [2.24, 2.45) is 0 Å². The first-order valence-electron chi connectivity index (χ1n) is 7.21. The third kappa shape index (κ3) is 3.22. The topological polar surface area (TPSA) is 78.3 Å². The highest BCUT2D eigenvalue weighted by molar-refractivity contribution is 7.99. The van der Waals surface area contributed by atoms with E-state index in [-0.39, 0.29) is 11.3 Å². The van der Waals surface area contributed by atoms with Crippen LogP contribution in [0.1, 0.15) is 27.6 Å². The molecule has 8 heteroatoms. The molecule has 1 aromatic carbocycles. The van der Waals surface area contributed by atoms with Gasteiger partial charge in [-0.25, -0.2) is 9.78 Å². The molecule has 0 saturated heterocycles. The molecule has 6 nitrogen and oxygen atoms in total. The summed E-state index contributed by atoms with van der Waals surface area (Å²) in [5.41, 5.74) is -0.238. The van der Waals surface area contributed by atoms with Crippen LogP contribution in [0.2, 0.25) is 5.02 Å². The van der Waals surface area contributed by atoms with Gasteiger partial charge in [-0.3, -0.25) is 14.2 Å². The van der Waals surface area contributed by atoms with Gasteiger partial charge in [0.25, 0.3) is 5.56 Å². The lowest BCUT2D eigenvalue weighted by Gasteiger charge is -2.12. The first kappa shape index (κ1) is 16.7. The van der Waals surface area contributed by atoms with Gasteiger partial charge in [0, 0.05) is 22.9 Å². The Balaban J connectivity index is 1.76. The Morgan fingerprint density at radius 1 is 1.33 bits per heavy atom. The molecular formula is C16H13ClN2O4S. The van der Waals surface area contributed by atoms with Crippen molar-refractivity contribution >= 4 is 35.1 Å². The molecular weight excluding hydrogens is 352 g/mol. The van der Waals surface area contributed by atoms with E-state index in [0.29, 0.717) is 22.3 Å². The highest BCUT2D eigenvalue weighted by Gasteiger charge is 2.25. The van der Waals surface area contributed by atoms with Crippen LogP contribution < -0.4 is 5.56 Å². The molecule has 1 aliphatic rings. The Morgan fingerprint density at radius 2 is 2.04 bits per heavy atom. The first-order valence-corrected chi connectivity index (χ1v) is 8.57. The number of aromatic nitrogens is 2. The predicted octanol–water partition coefficient (Wildman–Crippen LogP) is 2.43. The molecule has 0 unspecified atom stereocenters. The van der Waals surface area contributed by atoms with Crippen LogP contribution in [0.4, 0.5) is 0 Å². The molecule has 0 N–H and O–H groups in total. The molecule has 3 rings (SSSR count). The third-order valence-corrected chi connectivity index (χ3v) is 4.78. The van der Waals surface area contributed by atoms with Crippen molar-refractivity contribution in [3.05, 3.63) is 57.0 Å². The fraction of sp³-hybridized carbons (Fsp3) is 0.250. The van der Waals surface area contributed by atoms with E-state index >= 15 is 0 Å². The molecule has 124 valence electrons. The van der Waals surface area contributed by atoms with E-state index in [0.717, 1.165) is 5.75 Å². The van der Waals surface area contributed by atoms with Crippen molar-refractivity contribution in [1.29, 1.82) is 0 Å². The van der Waals surface area contributed by atoms with E-state index in [1.165, 1.54) is 29.4 Å². The van der Waals surface area contributed by atoms with E-state index in [4.69, 9.17) is 16.3 Å². The lowest BCUT2D eigenvalue weighted by molar-refractivity contribution is 0.0315. The molecule has 0 aliphatic carbocycles. The third-order valence-electron chi connectivity index (χ3n) is 3.56. The van der Waals surface area contributed by atoms with Crippen LogP contribution in [-0.2, 0) is 11.3 Å². The number of fused-ring (bicyclic) bond motifs is 1. The Hall–Kier alpha value is -2.12. The normalized spacial score (nSPS) is 14.1. The van der Waals surface area contributed by atoms with Gasteiger partial charge in [0.1, 0.15) is 5.56 Å². The summed E-state index contributed by atoms with van der Waals surface area (Å²) in [7, 11) is 0. The number of ether oxygens (including phenoxy) is 1. The van der Waals surface area contributed by atoms with Crippen molar-refractivity contribution < 1.29 is 14.3 Å². The largest absolute Gasteiger partial charge is 0.450 e. The van der Waals surface area contributed by atoms with Crippen molar-refractivity contribution in [3.63, 3.8) is 0 Å². The molecule has 24 heavy (non-hydrogen) atoms. The minimum absolute atomic E-state index is 0.169. The lowest BCUT2D eigenvalue weighted by Crippen LogP contribution is -2.31. The van der Waals surface area contributed by atoms with Gasteiger partial charge in [0.05, 0.1) is 6.20 Å². The smallest absolute Gasteiger partial charge is 0.346 e. The Morgan fingerprint density at radius 3 is 2.75 bits per heavy atom. The van der Waals surface area contributed by atoms with Crippen molar-refractivity contribution in [1.82, 2.24) is 9.55 Å². The van der Waals surface area contributed by atoms with Gasteiger partial charge in [-0.1, -0.05) is 23.4 Å². The molecule has 2 aromatic rings. The lowest BCUT2D eigenvalue weighted by atomic mass is 10.1. The first-order chi connectivity index (χ1) is 11.5. The van der Waals surface area contributed by atoms with Gasteiger partial charge in [-0.05, 0) is 31.2 Å². The second kappa shape index (κ2) is 6.78. The molecule has 0 saturated carbocycles. The fourth-order valence-corrected chi connectivity index (χ4v) is 3.32. The summed E-state index contributed by atoms with van der Waals surface area (Å²) in [6.07, 6.45) is 0.180. The number of nitrogens with zero attached hydrogens (tertiary/aromatic N) is 2. The van der Waals surface area contributed by atoms with E-state index in [1.54, 1.807) is 24.3 Å². The van der Waals surface area contributed by atoms with Gasteiger partial charge in [-0.15, -0.1) is 0 Å². The molecule has 0 spiro atoms. The number of hydrogen-bond acceptors (Lipinski definition) is 6. The number of Topliss-reactive ketones (excluding diaryl/α,β-unsaturated/α-hetero) is 1. The molecule has 1 aliphatic heterocycles. The fourth-order valence-electron chi connectivity index (χ4n) is 2.28. The van der Waals surface area contributed by atoms with Gasteiger partial charge < -0.3 is 4.74 Å². The zero-order valence-electron chi connectivity index (χ0n) is 12.7. The van der Waals surface area contributed by atoms with Crippen LogP contribution in [0.25, 0.3) is 0 Å². The summed E-state index contributed by atoms with van der Waals surface area (Å²) in [6.45, 7) is 1.97. The maximum atomic E-state index is 12.3. The molecule has 1 aromatic heterocycles. The summed E-state index contributed by atoms with van der Waals surface area (Å²) < 4.78 is 6.58. The summed E-state index contributed by atoms with van der Waals surface area (Å²) in [5.74, 6) is -0.481. The standard InChI is InChI=1S/C16H13ClN2O4S/c1-9(13(20)10-2-4-11(17)5-3-10)23-15(22)12-8-18-16-19(14(12)21)6-7-24-16/h2-5,8-9H,6-7H2,1H3/t9-/m1/s1. The number of thioether (sulfide) groups is 1. The van der Waals surface area contributed by atoms with E-state index in [1.807, 2.05) is 0 Å². The highest BCUT2D eigenvalue weighted by atomic mass is 35.5. The van der Waals surface area contributed by atoms with Gasteiger partial charge in [0.15, 0.2) is 11.3 Å². The van der Waals surface area contributed by atoms with Crippen LogP contribution in [0, 0.1) is 0 Å². The van der Waals surface area contributed by atoms with Crippen LogP contribution in [0.15, 0.2) is 40.4 Å². The number of esters is 1. The Labute approximate surface area is 146 Å². The number of benzene rings is 1. The zero-order chi connectivity index (χ0) is 17.3. The SMILES string of the molecule is C[C@@H](OC(=O)c1cnc2n(c1=O)CCS2)C(=O)c1ccc(Cl)cc1. The Kier molecular flexibility index (Phi) is 4.73. The molecule has 0 amide bonds. The zero-order valence-corrected chi connectivity index (χ0v) is 14.3. The Bertz CT molecular complexity index is 863. The number of hydrogen-bond donors (Lipinski definition) is 0. The van der Waals surface area contributed by atoms with Crippen LogP contribution in [0.5, 0.6) is 0 Å². The maximum absolute atomic E-state index is 12.3. The van der Waals surface area contributed by atoms with E-state index in [2.05, 4.69) is 4.98 Å². The monoisotopic (exact) mass is 364 g/mol. The minimum Gasteiger partial charge on any atom is -0.450 e.